The fourth-order valence-electron chi connectivity index (χ4n) is 4.33. The number of amides is 1. The molecule has 2 aliphatic rings. The molecule has 0 bridgehead atoms. The summed E-state index contributed by atoms with van der Waals surface area (Å²) in [5.41, 5.74) is 6.82. The molecule has 0 aromatic carbocycles. The van der Waals surface area contributed by atoms with Crippen molar-refractivity contribution in [1.82, 2.24) is 25.2 Å². The number of nitrogens with one attached hydrogen (secondary N) is 1. The molecule has 1 atom stereocenters. The number of nitrogen functional groups attached to an aromatic ring is 1. The van der Waals surface area contributed by atoms with E-state index in [1.165, 1.54) is 0 Å². The van der Waals surface area contributed by atoms with E-state index in [1.54, 1.807) is 24.7 Å². The second kappa shape index (κ2) is 9.17. The number of nitrogens with two attached hydrogens (primary N) is 1. The Kier molecular flexibility index (Phi) is 6.19. The predicted molar refractivity (Wildman–Crippen MR) is 112 cm³/mol. The molecule has 2 fully saturated rings. The maximum atomic E-state index is 12.7. The number of pyridine rings is 1. The van der Waals surface area contributed by atoms with E-state index in [2.05, 4.69) is 30.1 Å². The van der Waals surface area contributed by atoms with Crippen LogP contribution in [0.4, 0.5) is 11.8 Å². The minimum Gasteiger partial charge on any atom is -0.384 e. The highest BCUT2D eigenvalue weighted by atomic mass is 16.1. The average Bonchev–Trinajstić information content (AvgIpc) is 2.78. The van der Waals surface area contributed by atoms with Crippen LogP contribution in [0.5, 0.6) is 0 Å². The molecule has 2 aliphatic heterocycles. The van der Waals surface area contributed by atoms with E-state index in [0.717, 1.165) is 63.4 Å². The van der Waals surface area contributed by atoms with Crippen LogP contribution in [0.25, 0.3) is 0 Å². The van der Waals surface area contributed by atoms with Gasteiger partial charge in [0.1, 0.15) is 5.82 Å². The van der Waals surface area contributed by atoms with Crippen molar-refractivity contribution in [3.8, 4) is 0 Å². The summed E-state index contributed by atoms with van der Waals surface area (Å²) in [6.07, 6.45) is 9.40. The largest absolute Gasteiger partial charge is 0.384 e. The van der Waals surface area contributed by atoms with Crippen LogP contribution in [0, 0.1) is 5.92 Å². The molecule has 2 aromatic heterocycles. The van der Waals surface area contributed by atoms with E-state index in [-0.39, 0.29) is 11.8 Å². The van der Waals surface area contributed by atoms with Crippen LogP contribution in [0.1, 0.15) is 31.2 Å². The minimum absolute atomic E-state index is 0.0655. The van der Waals surface area contributed by atoms with E-state index in [4.69, 9.17) is 5.73 Å². The topological polar surface area (TPSA) is 100 Å². The third-order valence-electron chi connectivity index (χ3n) is 5.94. The molecule has 1 amide bonds. The van der Waals surface area contributed by atoms with Crippen molar-refractivity contribution in [2.75, 3.05) is 36.8 Å². The third kappa shape index (κ3) is 5.00. The number of carbonyl (C=O) groups excluding carboxylic acids is 1. The number of rotatable bonds is 5. The molecule has 29 heavy (non-hydrogen) atoms. The van der Waals surface area contributed by atoms with Crippen molar-refractivity contribution < 1.29 is 4.79 Å². The number of piperidine rings is 2. The zero-order valence-electron chi connectivity index (χ0n) is 16.7. The molecule has 8 heteroatoms. The van der Waals surface area contributed by atoms with Crippen LogP contribution in [0.3, 0.4) is 0 Å². The van der Waals surface area contributed by atoms with Gasteiger partial charge in [0, 0.05) is 50.8 Å². The van der Waals surface area contributed by atoms with Crippen LogP contribution in [-0.2, 0) is 11.3 Å². The van der Waals surface area contributed by atoms with Crippen molar-refractivity contribution in [1.29, 1.82) is 0 Å². The minimum atomic E-state index is 0.0655. The van der Waals surface area contributed by atoms with Gasteiger partial charge in [-0.2, -0.15) is 4.98 Å². The van der Waals surface area contributed by atoms with Crippen molar-refractivity contribution in [3.63, 3.8) is 0 Å². The summed E-state index contributed by atoms with van der Waals surface area (Å²) in [7, 11) is 0. The van der Waals surface area contributed by atoms with Gasteiger partial charge in [0.15, 0.2) is 0 Å². The van der Waals surface area contributed by atoms with Gasteiger partial charge in [0.25, 0.3) is 0 Å². The van der Waals surface area contributed by atoms with Gasteiger partial charge in [0.05, 0.1) is 5.92 Å². The maximum absolute atomic E-state index is 12.7. The summed E-state index contributed by atoms with van der Waals surface area (Å²) in [6, 6.07) is 6.11. The molecule has 0 radical (unpaired) electrons. The highest BCUT2D eigenvalue weighted by Gasteiger charge is 2.32. The first kappa shape index (κ1) is 19.6. The first-order valence-corrected chi connectivity index (χ1v) is 10.4. The van der Waals surface area contributed by atoms with Crippen molar-refractivity contribution >= 4 is 17.7 Å². The molecule has 0 saturated carbocycles. The molecule has 2 saturated heterocycles. The first-order valence-electron chi connectivity index (χ1n) is 10.4. The van der Waals surface area contributed by atoms with Crippen LogP contribution in [0.2, 0.25) is 0 Å². The van der Waals surface area contributed by atoms with E-state index in [9.17, 15) is 4.79 Å². The summed E-state index contributed by atoms with van der Waals surface area (Å²) >= 11 is 0. The Morgan fingerprint density at radius 3 is 2.79 bits per heavy atom. The fraction of sp³-hybridized carbons (Fsp3) is 0.524. The summed E-state index contributed by atoms with van der Waals surface area (Å²) < 4.78 is 0. The van der Waals surface area contributed by atoms with Gasteiger partial charge in [0.2, 0.25) is 11.9 Å². The number of anilines is 2. The number of hydrogen-bond donors (Lipinski definition) is 2. The summed E-state index contributed by atoms with van der Waals surface area (Å²) in [5, 5.41) is 3.08. The number of hydrogen-bond acceptors (Lipinski definition) is 7. The second-order valence-corrected chi connectivity index (χ2v) is 7.91. The second-order valence-electron chi connectivity index (χ2n) is 7.91. The Hall–Kier alpha value is -2.74. The molecule has 3 N–H and O–H groups in total. The van der Waals surface area contributed by atoms with Crippen LogP contribution >= 0.6 is 0 Å². The SMILES string of the molecule is Nc1ccnc(N2CCC(N3CCCC(C(=O)NCc4cccnc4)C3)CC2)n1. The van der Waals surface area contributed by atoms with Gasteiger partial charge in [-0.25, -0.2) is 4.98 Å². The molecule has 2 aromatic rings. The van der Waals surface area contributed by atoms with Crippen molar-refractivity contribution in [2.24, 2.45) is 5.92 Å². The Bertz CT molecular complexity index is 808. The van der Waals surface area contributed by atoms with Gasteiger partial charge in [-0.1, -0.05) is 6.07 Å². The standard InChI is InChI=1S/C21H29N7O/c22-19-5-9-24-21(26-19)27-11-6-18(7-12-27)28-10-2-4-17(15-28)20(29)25-14-16-3-1-8-23-13-16/h1,3,5,8-9,13,17-18H,2,4,6-7,10-12,14-15H2,(H,25,29)(H2,22,24,26). The summed E-state index contributed by atoms with van der Waals surface area (Å²) in [6.45, 7) is 4.30. The number of nitrogens with zero attached hydrogens (tertiary/aromatic N) is 5. The molecule has 4 heterocycles. The quantitative estimate of drug-likeness (QED) is 0.790. The molecule has 0 aliphatic carbocycles. The smallest absolute Gasteiger partial charge is 0.227 e. The van der Waals surface area contributed by atoms with Gasteiger partial charge >= 0.3 is 0 Å². The Balaban J connectivity index is 1.27. The lowest BCUT2D eigenvalue weighted by Crippen LogP contribution is -2.51. The van der Waals surface area contributed by atoms with Gasteiger partial charge in [-0.15, -0.1) is 0 Å². The van der Waals surface area contributed by atoms with Crippen molar-refractivity contribution in [2.45, 2.75) is 38.3 Å². The first-order chi connectivity index (χ1) is 14.2. The highest BCUT2D eigenvalue weighted by Crippen LogP contribution is 2.25. The summed E-state index contributed by atoms with van der Waals surface area (Å²) in [5.74, 6) is 1.45. The lowest BCUT2D eigenvalue weighted by molar-refractivity contribution is -0.127. The van der Waals surface area contributed by atoms with Crippen LogP contribution in [-0.4, -0.2) is 58.0 Å². The molecule has 4 rings (SSSR count). The Morgan fingerprint density at radius 1 is 1.17 bits per heavy atom. The lowest BCUT2D eigenvalue weighted by Gasteiger charge is -2.42. The average molecular weight is 396 g/mol. The van der Waals surface area contributed by atoms with Crippen LogP contribution < -0.4 is 16.0 Å². The summed E-state index contributed by atoms with van der Waals surface area (Å²) in [4.78, 5) is 30.2. The Labute approximate surface area is 171 Å². The third-order valence-corrected chi connectivity index (χ3v) is 5.94. The predicted octanol–water partition coefficient (Wildman–Crippen LogP) is 1.45. The van der Waals surface area contributed by atoms with Crippen LogP contribution in [0.15, 0.2) is 36.8 Å². The molecule has 1 unspecified atom stereocenters. The number of carbonyl (C=O) groups is 1. The lowest BCUT2D eigenvalue weighted by atomic mass is 9.93. The van der Waals surface area contributed by atoms with E-state index in [1.807, 2.05) is 12.1 Å². The fourth-order valence-corrected chi connectivity index (χ4v) is 4.33. The van der Waals surface area contributed by atoms with Gasteiger partial charge in [-0.05, 0) is 49.9 Å². The zero-order chi connectivity index (χ0) is 20.1. The molecular formula is C21H29N7O. The molecule has 154 valence electrons. The zero-order valence-corrected chi connectivity index (χ0v) is 16.7. The normalized spacial score (nSPS) is 21.1. The van der Waals surface area contributed by atoms with E-state index < -0.39 is 0 Å². The number of aromatic nitrogens is 3. The van der Waals surface area contributed by atoms with Crippen molar-refractivity contribution in [3.05, 3.63) is 42.4 Å². The molecular weight excluding hydrogens is 366 g/mol. The maximum Gasteiger partial charge on any atom is 0.227 e. The highest BCUT2D eigenvalue weighted by molar-refractivity contribution is 5.78. The monoisotopic (exact) mass is 395 g/mol. The van der Waals surface area contributed by atoms with Gasteiger partial charge < -0.3 is 16.0 Å². The molecule has 0 spiro atoms. The van der Waals surface area contributed by atoms with E-state index in [0.29, 0.717) is 18.4 Å². The van der Waals surface area contributed by atoms with Gasteiger partial charge in [-0.3, -0.25) is 14.7 Å². The van der Waals surface area contributed by atoms with E-state index >= 15 is 0 Å². The number of likely N-dealkylation sites (tertiary alicyclic amines) is 1. The Morgan fingerprint density at radius 2 is 2.03 bits per heavy atom. The molecule has 8 nitrogen and oxygen atoms in total.